The third-order valence-corrected chi connectivity index (χ3v) is 11.5. The van der Waals surface area contributed by atoms with E-state index in [9.17, 15) is 28.5 Å². The van der Waals surface area contributed by atoms with Crippen molar-refractivity contribution in [3.8, 4) is 0 Å². The highest BCUT2D eigenvalue weighted by Crippen LogP contribution is 2.68. The van der Waals surface area contributed by atoms with Crippen molar-refractivity contribution < 1.29 is 33.1 Å². The molecular weight excluding hydrogens is 470 g/mol. The van der Waals surface area contributed by atoms with Crippen molar-refractivity contribution in [1.29, 1.82) is 0 Å². The molecule has 0 spiro atoms. The Balaban J connectivity index is 0.000000509. The molecule has 11 atom stereocenters. The largest absolute Gasteiger partial charge is 0.393 e. The molecule has 0 saturated heterocycles. The van der Waals surface area contributed by atoms with E-state index in [-0.39, 0.29) is 46.7 Å². The Labute approximate surface area is 210 Å². The minimum absolute atomic E-state index is 0.112. The average Bonchev–Trinajstić information content (AvgIpc) is 3.12. The van der Waals surface area contributed by atoms with Crippen LogP contribution in [-0.4, -0.2) is 58.3 Å². The van der Waals surface area contributed by atoms with Gasteiger partial charge in [-0.1, -0.05) is 20.8 Å². The van der Waals surface area contributed by atoms with Gasteiger partial charge < -0.3 is 21.1 Å². The second kappa shape index (κ2) is 10.6. The van der Waals surface area contributed by atoms with Gasteiger partial charge in [0.1, 0.15) is 0 Å². The first kappa shape index (κ1) is 28.8. The molecule has 0 bridgehead atoms. The van der Waals surface area contributed by atoms with E-state index in [1.165, 1.54) is 6.92 Å². The molecule has 204 valence electrons. The van der Waals surface area contributed by atoms with E-state index < -0.39 is 10.1 Å². The highest BCUT2D eigenvalue weighted by molar-refractivity contribution is 7.85. The van der Waals surface area contributed by atoms with Crippen molar-refractivity contribution in [2.75, 3.05) is 5.75 Å². The highest BCUT2D eigenvalue weighted by atomic mass is 32.2. The molecule has 0 heterocycles. The number of hydrogen-bond acceptors (Lipinski definition) is 6. The van der Waals surface area contributed by atoms with Crippen LogP contribution in [0.15, 0.2) is 0 Å². The van der Waals surface area contributed by atoms with Crippen molar-refractivity contribution in [3.63, 3.8) is 0 Å². The Morgan fingerprint density at radius 1 is 1.06 bits per heavy atom. The molecule has 4 saturated carbocycles. The molecule has 8 nitrogen and oxygen atoms in total. The highest BCUT2D eigenvalue weighted by Gasteiger charge is 2.65. The van der Waals surface area contributed by atoms with Crippen molar-refractivity contribution in [2.45, 2.75) is 104 Å². The lowest BCUT2D eigenvalue weighted by atomic mass is 9.43. The number of aliphatic hydroxyl groups excluding tert-OH is 3. The van der Waals surface area contributed by atoms with E-state index in [1.807, 2.05) is 0 Å². The lowest BCUT2D eigenvalue weighted by molar-refractivity contribution is -0.207. The Morgan fingerprint density at radius 2 is 1.69 bits per heavy atom. The quantitative estimate of drug-likeness (QED) is 0.351. The summed E-state index contributed by atoms with van der Waals surface area (Å²) in [6, 6.07) is 0. The number of amides is 1. The van der Waals surface area contributed by atoms with E-state index in [4.69, 9.17) is 10.3 Å². The fourth-order valence-corrected chi connectivity index (χ4v) is 8.70. The lowest BCUT2D eigenvalue weighted by Gasteiger charge is -2.63. The molecule has 4 aliphatic rings. The van der Waals surface area contributed by atoms with Gasteiger partial charge in [-0.3, -0.25) is 9.35 Å². The zero-order valence-corrected chi connectivity index (χ0v) is 22.6. The minimum Gasteiger partial charge on any atom is -0.393 e. The Bertz CT molecular complexity index is 866. The standard InChI is InChI=1S/C24H41NO4.C2H6O3S/c1-13(4-7-21(25)29)16-5-6-17-22-18(12-20(28)24(16,17)3)23(2)9-8-15(26)10-14(23)11-19(22)27;1-2-6(3,4)5/h13-20,22,26-28H,4-12H2,1-3H3,(H2,25,29);2H2,1H3,(H,3,4,5)/t13-,14+,15-,16-,17+,18+,19-,20+,22+,23+,24-;/m1./s1. The molecule has 4 rings (SSSR count). The summed E-state index contributed by atoms with van der Waals surface area (Å²) in [4.78, 5) is 11.3. The van der Waals surface area contributed by atoms with Crippen molar-refractivity contribution in [1.82, 2.24) is 0 Å². The number of hydrogen-bond donors (Lipinski definition) is 5. The third kappa shape index (κ3) is 5.59. The summed E-state index contributed by atoms with van der Waals surface area (Å²) in [6.45, 7) is 8.19. The fourth-order valence-electron chi connectivity index (χ4n) is 8.70. The van der Waals surface area contributed by atoms with Crippen molar-refractivity contribution in [2.24, 2.45) is 52.1 Å². The topological polar surface area (TPSA) is 158 Å². The summed E-state index contributed by atoms with van der Waals surface area (Å²) in [5.41, 5.74) is 5.30. The zero-order chi connectivity index (χ0) is 26.3. The van der Waals surface area contributed by atoms with Crippen LogP contribution in [0, 0.1) is 46.3 Å². The van der Waals surface area contributed by atoms with Gasteiger partial charge in [0.15, 0.2) is 0 Å². The molecule has 0 aromatic heterocycles. The number of rotatable bonds is 5. The Morgan fingerprint density at radius 3 is 2.26 bits per heavy atom. The van der Waals surface area contributed by atoms with Gasteiger partial charge in [0, 0.05) is 6.42 Å². The Hall–Kier alpha value is -0.740. The SMILES string of the molecule is CCS(=O)(=O)O.C[C@H](CCC(N)=O)[C@H]1CC[C@H]2[C@@H]3[C@H](O)C[C@@H]4C[C@H](O)CC[C@]4(C)[C@H]3C[C@H](O)[C@]12C. The number of carbonyl (C=O) groups excluding carboxylic acids is 1. The van der Waals surface area contributed by atoms with Gasteiger partial charge in [-0.15, -0.1) is 0 Å². The summed E-state index contributed by atoms with van der Waals surface area (Å²) in [6.07, 6.45) is 6.56. The smallest absolute Gasteiger partial charge is 0.264 e. The van der Waals surface area contributed by atoms with Gasteiger partial charge in [-0.2, -0.15) is 8.42 Å². The van der Waals surface area contributed by atoms with Crippen LogP contribution >= 0.6 is 0 Å². The van der Waals surface area contributed by atoms with Gasteiger partial charge in [0.25, 0.3) is 10.1 Å². The molecule has 4 aliphatic carbocycles. The van der Waals surface area contributed by atoms with E-state index in [0.29, 0.717) is 36.0 Å². The summed E-state index contributed by atoms with van der Waals surface area (Å²) < 4.78 is 26.9. The van der Waals surface area contributed by atoms with Gasteiger partial charge >= 0.3 is 0 Å². The predicted octanol–water partition coefficient (Wildman–Crippen LogP) is 2.74. The van der Waals surface area contributed by atoms with Gasteiger partial charge in [-0.25, -0.2) is 0 Å². The van der Waals surface area contributed by atoms with Crippen LogP contribution in [0.5, 0.6) is 0 Å². The number of carbonyl (C=O) groups is 1. The van der Waals surface area contributed by atoms with Gasteiger partial charge in [-0.05, 0) is 105 Å². The molecular formula is C26H47NO7S. The molecule has 0 aromatic rings. The summed E-state index contributed by atoms with van der Waals surface area (Å²) in [5, 5.41) is 33.0. The molecule has 4 fully saturated rings. The second-order valence-electron chi connectivity index (χ2n) is 12.4. The molecule has 0 unspecified atom stereocenters. The molecule has 9 heteroatoms. The van der Waals surface area contributed by atoms with Crippen LogP contribution in [-0.2, 0) is 14.9 Å². The molecule has 1 amide bonds. The minimum atomic E-state index is -3.66. The van der Waals surface area contributed by atoms with E-state index in [2.05, 4.69) is 20.8 Å². The number of primary amides is 1. The predicted molar refractivity (Wildman–Crippen MR) is 134 cm³/mol. The summed E-state index contributed by atoms with van der Waals surface area (Å²) in [5.74, 6) is 1.52. The zero-order valence-electron chi connectivity index (χ0n) is 21.8. The van der Waals surface area contributed by atoms with Gasteiger partial charge in [0.05, 0.1) is 24.1 Å². The molecule has 35 heavy (non-hydrogen) atoms. The molecule has 0 aliphatic heterocycles. The van der Waals surface area contributed by atoms with Crippen molar-refractivity contribution >= 4 is 16.0 Å². The first-order valence-electron chi connectivity index (χ1n) is 13.4. The van der Waals surface area contributed by atoms with Crippen LogP contribution in [0.1, 0.15) is 85.5 Å². The lowest BCUT2D eigenvalue weighted by Crippen LogP contribution is -2.62. The number of fused-ring (bicyclic) bond motifs is 5. The maximum atomic E-state index is 11.5. The van der Waals surface area contributed by atoms with E-state index in [1.54, 1.807) is 0 Å². The fraction of sp³-hybridized carbons (Fsp3) is 0.962. The van der Waals surface area contributed by atoms with Crippen LogP contribution in [0.2, 0.25) is 0 Å². The van der Waals surface area contributed by atoms with Gasteiger partial charge in [0.2, 0.25) is 5.91 Å². The van der Waals surface area contributed by atoms with Crippen LogP contribution in [0.4, 0.5) is 0 Å². The number of aliphatic hydroxyl groups is 3. The monoisotopic (exact) mass is 517 g/mol. The molecule has 0 aromatic carbocycles. The third-order valence-electron chi connectivity index (χ3n) is 10.7. The first-order chi connectivity index (χ1) is 16.1. The second-order valence-corrected chi connectivity index (χ2v) is 14.1. The van der Waals surface area contributed by atoms with Crippen LogP contribution in [0.25, 0.3) is 0 Å². The normalized spacial score (nSPS) is 45.8. The molecule has 0 radical (unpaired) electrons. The molecule has 6 N–H and O–H groups in total. The number of nitrogens with two attached hydrogens (primary N) is 1. The average molecular weight is 518 g/mol. The first-order valence-corrected chi connectivity index (χ1v) is 15.0. The van der Waals surface area contributed by atoms with E-state index in [0.717, 1.165) is 51.4 Å². The Kier molecular flexibility index (Phi) is 8.69. The van der Waals surface area contributed by atoms with Crippen LogP contribution < -0.4 is 5.73 Å². The van der Waals surface area contributed by atoms with E-state index >= 15 is 0 Å². The van der Waals surface area contributed by atoms with Crippen molar-refractivity contribution in [3.05, 3.63) is 0 Å². The summed E-state index contributed by atoms with van der Waals surface area (Å²) >= 11 is 0. The van der Waals surface area contributed by atoms with Crippen LogP contribution in [0.3, 0.4) is 0 Å². The maximum Gasteiger partial charge on any atom is 0.264 e. The summed E-state index contributed by atoms with van der Waals surface area (Å²) in [7, 11) is -3.66. The maximum absolute atomic E-state index is 11.5.